The molecule has 0 spiro atoms. The fourth-order valence-electron chi connectivity index (χ4n) is 0.820. The summed E-state index contributed by atoms with van der Waals surface area (Å²) >= 11 is 0. The Balaban J connectivity index is 3.09. The predicted octanol–water partition coefficient (Wildman–Crippen LogP) is 0.797. The zero-order chi connectivity index (χ0) is 7.56. The summed E-state index contributed by atoms with van der Waals surface area (Å²) in [6.07, 6.45) is 0. The summed E-state index contributed by atoms with van der Waals surface area (Å²) in [6, 6.07) is 5.96. The molecule has 10 heavy (non-hydrogen) atoms. The normalized spacial score (nSPS) is 9.50. The van der Waals surface area contributed by atoms with E-state index < -0.39 is 0 Å². The molecule has 3 radical (unpaired) electrons. The molecule has 0 saturated heterocycles. The van der Waals surface area contributed by atoms with Gasteiger partial charge in [-0.25, -0.2) is 0 Å². The molecule has 0 aliphatic heterocycles. The minimum atomic E-state index is 0.924. The lowest BCUT2D eigenvalue weighted by Gasteiger charge is -2.03. The van der Waals surface area contributed by atoms with Crippen molar-refractivity contribution in [3.8, 4) is 5.75 Å². The van der Waals surface area contributed by atoms with Gasteiger partial charge in [-0.1, -0.05) is 17.3 Å². The van der Waals surface area contributed by atoms with E-state index >= 15 is 0 Å². The van der Waals surface area contributed by atoms with Crippen LogP contribution in [0.1, 0.15) is 5.56 Å². The minimum absolute atomic E-state index is 0.924. The van der Waals surface area contributed by atoms with E-state index in [0.29, 0.717) is 0 Å². The quantitative estimate of drug-likeness (QED) is 0.537. The number of methoxy groups -OCH3 is 1. The van der Waals surface area contributed by atoms with Gasteiger partial charge in [-0.15, -0.1) is 0 Å². The van der Waals surface area contributed by atoms with Crippen LogP contribution in [0, 0.1) is 6.92 Å². The topological polar surface area (TPSA) is 9.23 Å². The van der Waals surface area contributed by atoms with Crippen molar-refractivity contribution in [2.24, 2.45) is 0 Å². The van der Waals surface area contributed by atoms with E-state index in [2.05, 4.69) is 10.2 Å². The Labute approximate surface area is 64.4 Å². The molecule has 0 saturated carbocycles. The third-order valence-electron chi connectivity index (χ3n) is 1.41. The van der Waals surface area contributed by atoms with Crippen LogP contribution in [0.3, 0.4) is 0 Å². The van der Waals surface area contributed by atoms with E-state index in [1.807, 2.05) is 25.1 Å². The summed E-state index contributed by atoms with van der Waals surface area (Å²) < 4.78 is 5.09. The summed E-state index contributed by atoms with van der Waals surface area (Å²) in [5, 5.41) is 1.04. The molecule has 51 valence electrons. The molecule has 0 fully saturated rings. The smallest absolute Gasteiger partial charge is 0.121 e. The first-order valence-electron chi connectivity index (χ1n) is 3.10. The fraction of sp³-hybridized carbons (Fsp3) is 0.250. The molecule has 0 unspecified atom stereocenters. The highest BCUT2D eigenvalue weighted by Crippen LogP contribution is 2.13. The average Bonchev–Trinajstić information content (AvgIpc) is 1.94. The maximum Gasteiger partial charge on any atom is 0.121 e. The molecule has 1 aromatic carbocycles. The van der Waals surface area contributed by atoms with Crippen molar-refractivity contribution in [3.63, 3.8) is 0 Å². The fourth-order valence-corrected chi connectivity index (χ4v) is 1.03. The van der Waals surface area contributed by atoms with Gasteiger partial charge in [-0.2, -0.15) is 0 Å². The first-order chi connectivity index (χ1) is 4.74. The molecule has 0 N–H and O–H groups in total. The van der Waals surface area contributed by atoms with Crippen LogP contribution in [0.4, 0.5) is 0 Å². The highest BCUT2D eigenvalue weighted by Gasteiger charge is 1.95. The molecule has 0 aliphatic rings. The van der Waals surface area contributed by atoms with Crippen molar-refractivity contribution in [1.82, 2.24) is 0 Å². The van der Waals surface area contributed by atoms with Gasteiger partial charge < -0.3 is 4.74 Å². The van der Waals surface area contributed by atoms with E-state index in [-0.39, 0.29) is 0 Å². The van der Waals surface area contributed by atoms with Gasteiger partial charge >= 0.3 is 0 Å². The van der Waals surface area contributed by atoms with Crippen molar-refractivity contribution in [3.05, 3.63) is 23.8 Å². The molecule has 2 heteroatoms. The van der Waals surface area contributed by atoms with Crippen molar-refractivity contribution in [2.45, 2.75) is 6.92 Å². The lowest BCUT2D eigenvalue weighted by molar-refractivity contribution is 0.412. The Kier molecular flexibility index (Phi) is 2.12. The molecule has 1 rings (SSSR count). The molecule has 1 aromatic rings. The summed E-state index contributed by atoms with van der Waals surface area (Å²) in [4.78, 5) is 0. The number of aryl methyl sites for hydroxylation is 1. The van der Waals surface area contributed by atoms with Crippen molar-refractivity contribution >= 4 is 15.4 Å². The Morgan fingerprint density at radius 1 is 1.40 bits per heavy atom. The molecular weight excluding hydrogens is 140 g/mol. The predicted molar refractivity (Wildman–Crippen MR) is 43.1 cm³/mol. The standard InChI is InChI=1S/C8H9OSi/c1-6-3-4-7(10)5-8(6)9-2/h3-5H,1-2H3. The molecule has 0 amide bonds. The summed E-state index contributed by atoms with van der Waals surface area (Å²) in [6.45, 7) is 2.02. The SMILES string of the molecule is COc1cc([Si])ccc1C. The van der Waals surface area contributed by atoms with E-state index in [1.54, 1.807) is 7.11 Å². The first-order valence-corrected chi connectivity index (χ1v) is 3.60. The van der Waals surface area contributed by atoms with Crippen molar-refractivity contribution in [2.75, 3.05) is 7.11 Å². The summed E-state index contributed by atoms with van der Waals surface area (Å²) in [7, 11) is 5.08. The number of benzene rings is 1. The molecular formula is C8H9OSi. The van der Waals surface area contributed by atoms with Crippen LogP contribution >= 0.6 is 0 Å². The van der Waals surface area contributed by atoms with Crippen LogP contribution < -0.4 is 9.92 Å². The Bertz CT molecular complexity index is 233. The second kappa shape index (κ2) is 2.88. The van der Waals surface area contributed by atoms with Gasteiger partial charge in [-0.3, -0.25) is 0 Å². The van der Waals surface area contributed by atoms with Crippen molar-refractivity contribution in [1.29, 1.82) is 0 Å². The highest BCUT2D eigenvalue weighted by atomic mass is 28.1. The van der Waals surface area contributed by atoms with E-state index in [1.165, 1.54) is 0 Å². The number of ether oxygens (including phenoxy) is 1. The van der Waals surface area contributed by atoms with Gasteiger partial charge in [0.15, 0.2) is 0 Å². The average molecular weight is 149 g/mol. The van der Waals surface area contributed by atoms with Gasteiger partial charge in [0, 0.05) is 0 Å². The third kappa shape index (κ3) is 1.39. The zero-order valence-electron chi connectivity index (χ0n) is 6.14. The molecule has 0 heterocycles. The first kappa shape index (κ1) is 7.35. The third-order valence-corrected chi connectivity index (χ3v) is 1.72. The molecule has 0 bridgehead atoms. The summed E-state index contributed by atoms with van der Waals surface area (Å²) in [5.74, 6) is 0.924. The number of rotatable bonds is 1. The van der Waals surface area contributed by atoms with E-state index in [9.17, 15) is 0 Å². The second-order valence-electron chi connectivity index (χ2n) is 2.18. The lowest BCUT2D eigenvalue weighted by Crippen LogP contribution is -2.02. The van der Waals surface area contributed by atoms with E-state index in [0.717, 1.165) is 16.5 Å². The van der Waals surface area contributed by atoms with Crippen LogP contribution in [-0.2, 0) is 0 Å². The van der Waals surface area contributed by atoms with Crippen LogP contribution in [0.5, 0.6) is 5.75 Å². The van der Waals surface area contributed by atoms with Crippen LogP contribution in [0.2, 0.25) is 0 Å². The Hall–Kier alpha value is -0.763. The second-order valence-corrected chi connectivity index (χ2v) is 2.76. The molecule has 0 aliphatic carbocycles. The number of hydrogen-bond acceptors (Lipinski definition) is 1. The highest BCUT2D eigenvalue weighted by molar-refractivity contribution is 6.32. The monoisotopic (exact) mass is 149 g/mol. The molecule has 0 atom stereocenters. The van der Waals surface area contributed by atoms with Crippen molar-refractivity contribution < 1.29 is 4.74 Å². The minimum Gasteiger partial charge on any atom is -0.496 e. The molecule has 1 nitrogen and oxygen atoms in total. The Morgan fingerprint density at radius 3 is 2.60 bits per heavy atom. The maximum absolute atomic E-state index is 5.09. The van der Waals surface area contributed by atoms with Gasteiger partial charge in [0.25, 0.3) is 0 Å². The van der Waals surface area contributed by atoms with E-state index in [4.69, 9.17) is 4.74 Å². The molecule has 0 aromatic heterocycles. The largest absolute Gasteiger partial charge is 0.496 e. The van der Waals surface area contributed by atoms with Gasteiger partial charge in [-0.05, 0) is 18.6 Å². The maximum atomic E-state index is 5.09. The Morgan fingerprint density at radius 2 is 2.10 bits per heavy atom. The van der Waals surface area contributed by atoms with Gasteiger partial charge in [0.2, 0.25) is 0 Å². The van der Waals surface area contributed by atoms with Crippen LogP contribution in [0.25, 0.3) is 0 Å². The van der Waals surface area contributed by atoms with Gasteiger partial charge in [0.05, 0.1) is 17.4 Å². The van der Waals surface area contributed by atoms with Crippen LogP contribution in [-0.4, -0.2) is 17.4 Å². The van der Waals surface area contributed by atoms with Gasteiger partial charge in [0.1, 0.15) is 5.75 Å². The van der Waals surface area contributed by atoms with Crippen LogP contribution in [0.15, 0.2) is 18.2 Å². The number of hydrogen-bond donors (Lipinski definition) is 0. The zero-order valence-corrected chi connectivity index (χ0v) is 7.14. The lowest BCUT2D eigenvalue weighted by atomic mass is 10.2. The summed E-state index contributed by atoms with van der Waals surface area (Å²) in [5.41, 5.74) is 1.16.